The van der Waals surface area contributed by atoms with Crippen molar-refractivity contribution in [3.8, 4) is 0 Å². The highest BCUT2D eigenvalue weighted by Crippen LogP contribution is 2.37. The normalized spacial score (nSPS) is 18.8. The van der Waals surface area contributed by atoms with Crippen molar-refractivity contribution < 1.29 is 45.1 Å². The zero-order valence-electron chi connectivity index (χ0n) is 21.1. The maximum absolute atomic E-state index is 13.9. The number of carbonyl (C=O) groups is 2. The van der Waals surface area contributed by atoms with E-state index in [4.69, 9.17) is 4.74 Å². The summed E-state index contributed by atoms with van der Waals surface area (Å²) in [5, 5.41) is 2.54. The molecular formula is C26H27F7N2O3. The maximum Gasteiger partial charge on any atom is 0.416 e. The number of ether oxygens (including phenoxy) is 1. The number of alkyl halides is 6. The molecule has 0 bridgehead atoms. The molecule has 2 aromatic carbocycles. The van der Waals surface area contributed by atoms with E-state index in [0.717, 1.165) is 0 Å². The van der Waals surface area contributed by atoms with Crippen molar-refractivity contribution in [3.63, 3.8) is 0 Å². The van der Waals surface area contributed by atoms with E-state index in [1.54, 1.807) is 20.8 Å². The first-order valence-electron chi connectivity index (χ1n) is 11.7. The lowest BCUT2D eigenvalue weighted by atomic mass is 9.85. The summed E-state index contributed by atoms with van der Waals surface area (Å²) in [5.41, 5.74) is -4.00. The van der Waals surface area contributed by atoms with Crippen LogP contribution < -0.4 is 5.32 Å². The Morgan fingerprint density at radius 2 is 1.53 bits per heavy atom. The second-order valence-electron chi connectivity index (χ2n) is 10.2. The number of nitrogens with one attached hydrogen (secondary N) is 1. The molecule has 0 spiro atoms. The lowest BCUT2D eigenvalue weighted by Crippen LogP contribution is -2.52. The van der Waals surface area contributed by atoms with Crippen LogP contribution in [-0.4, -0.2) is 41.6 Å². The van der Waals surface area contributed by atoms with Gasteiger partial charge in [-0.05, 0) is 69.5 Å². The van der Waals surface area contributed by atoms with Crippen molar-refractivity contribution >= 4 is 12.0 Å². The Bertz CT molecular complexity index is 1170. The molecule has 2 aromatic rings. The van der Waals surface area contributed by atoms with Crippen LogP contribution in [0.15, 0.2) is 36.4 Å². The fourth-order valence-corrected chi connectivity index (χ4v) is 4.19. The van der Waals surface area contributed by atoms with Gasteiger partial charge in [-0.1, -0.05) is 12.1 Å². The standard InChI is InChI=1S/C26H27F7N2O3/c1-14-9-15(5-6-20(14)27)19-13-35(23(37)38-24(2,3)4)8-7-21(19)34-22(36)16-10-17(25(28,29)30)12-18(11-16)26(31,32)33/h5-6,9-12,19,21H,7-8,13H2,1-4H3,(H,34,36). The Morgan fingerprint density at radius 3 is 2.03 bits per heavy atom. The molecule has 1 N–H and O–H groups in total. The number of hydrogen-bond donors (Lipinski definition) is 1. The van der Waals surface area contributed by atoms with E-state index < -0.39 is 64.4 Å². The Hall–Kier alpha value is -3.31. The first-order valence-corrected chi connectivity index (χ1v) is 11.7. The van der Waals surface area contributed by atoms with Crippen molar-refractivity contribution in [1.82, 2.24) is 10.2 Å². The van der Waals surface area contributed by atoms with Crippen molar-refractivity contribution in [1.29, 1.82) is 0 Å². The van der Waals surface area contributed by atoms with Crippen LogP contribution in [0.4, 0.5) is 35.5 Å². The number of piperidine rings is 1. The third kappa shape index (κ3) is 7.16. The maximum atomic E-state index is 13.9. The molecule has 3 rings (SSSR count). The van der Waals surface area contributed by atoms with Crippen LogP contribution in [0.3, 0.4) is 0 Å². The minimum absolute atomic E-state index is 0.0152. The van der Waals surface area contributed by atoms with Crippen LogP contribution in [0.25, 0.3) is 0 Å². The number of aryl methyl sites for hydroxylation is 1. The SMILES string of the molecule is Cc1cc(C2CN(C(=O)OC(C)(C)C)CCC2NC(=O)c2cc(C(F)(F)F)cc(C(F)(F)F)c2)ccc1F. The molecule has 2 unspecified atom stereocenters. The summed E-state index contributed by atoms with van der Waals surface area (Å²) in [6.45, 7) is 6.69. The summed E-state index contributed by atoms with van der Waals surface area (Å²) >= 11 is 0. The summed E-state index contributed by atoms with van der Waals surface area (Å²) in [6, 6.07) is 4.06. The zero-order valence-corrected chi connectivity index (χ0v) is 21.1. The lowest BCUT2D eigenvalue weighted by molar-refractivity contribution is -0.143. The highest BCUT2D eigenvalue weighted by molar-refractivity contribution is 5.95. The van der Waals surface area contributed by atoms with E-state index >= 15 is 0 Å². The van der Waals surface area contributed by atoms with E-state index in [-0.39, 0.29) is 31.1 Å². The van der Waals surface area contributed by atoms with Gasteiger partial charge in [-0.3, -0.25) is 4.79 Å². The minimum Gasteiger partial charge on any atom is -0.444 e. The van der Waals surface area contributed by atoms with Gasteiger partial charge < -0.3 is 15.0 Å². The molecule has 2 atom stereocenters. The summed E-state index contributed by atoms with van der Waals surface area (Å²) < 4.78 is 98.9. The van der Waals surface area contributed by atoms with Crippen LogP contribution in [-0.2, 0) is 17.1 Å². The van der Waals surface area contributed by atoms with Crippen molar-refractivity contribution in [2.45, 2.75) is 64.0 Å². The Balaban J connectivity index is 1.94. The summed E-state index contributed by atoms with van der Waals surface area (Å²) in [7, 11) is 0. The smallest absolute Gasteiger partial charge is 0.416 e. The van der Waals surface area contributed by atoms with Crippen LogP contribution in [0, 0.1) is 12.7 Å². The highest BCUT2D eigenvalue weighted by Gasteiger charge is 2.39. The number of rotatable bonds is 3. The van der Waals surface area contributed by atoms with Gasteiger partial charge in [0.15, 0.2) is 0 Å². The fourth-order valence-electron chi connectivity index (χ4n) is 4.19. The summed E-state index contributed by atoms with van der Waals surface area (Å²) in [6.07, 6.45) is -10.7. The van der Waals surface area contributed by atoms with Crippen LogP contribution in [0.5, 0.6) is 0 Å². The van der Waals surface area contributed by atoms with E-state index in [1.807, 2.05) is 0 Å². The van der Waals surface area contributed by atoms with Crippen molar-refractivity contribution in [2.75, 3.05) is 13.1 Å². The molecule has 0 aliphatic carbocycles. The van der Waals surface area contributed by atoms with Crippen molar-refractivity contribution in [2.24, 2.45) is 0 Å². The third-order valence-corrected chi connectivity index (χ3v) is 6.04. The van der Waals surface area contributed by atoms with E-state index in [2.05, 4.69) is 5.32 Å². The molecule has 12 heteroatoms. The second kappa shape index (κ2) is 10.5. The average Bonchev–Trinajstić information content (AvgIpc) is 2.78. The average molecular weight is 548 g/mol. The number of hydrogen-bond acceptors (Lipinski definition) is 3. The molecular weight excluding hydrogens is 521 g/mol. The Kier molecular flexibility index (Phi) is 8.05. The Labute approximate surface area is 214 Å². The monoisotopic (exact) mass is 548 g/mol. The van der Waals surface area contributed by atoms with Crippen LogP contribution >= 0.6 is 0 Å². The molecule has 38 heavy (non-hydrogen) atoms. The van der Waals surface area contributed by atoms with Gasteiger partial charge in [0.05, 0.1) is 11.1 Å². The van der Waals surface area contributed by atoms with Gasteiger partial charge in [0.25, 0.3) is 5.91 Å². The zero-order chi connectivity index (χ0) is 28.6. The molecule has 2 amide bonds. The predicted octanol–water partition coefficient (Wildman–Crippen LogP) is 6.69. The van der Waals surface area contributed by atoms with E-state index in [1.165, 1.54) is 30.0 Å². The second-order valence-corrected chi connectivity index (χ2v) is 10.2. The largest absolute Gasteiger partial charge is 0.444 e. The molecule has 1 saturated heterocycles. The molecule has 0 radical (unpaired) electrons. The fraction of sp³-hybridized carbons (Fsp3) is 0.462. The molecule has 1 heterocycles. The van der Waals surface area contributed by atoms with Gasteiger partial charge in [0.1, 0.15) is 11.4 Å². The van der Waals surface area contributed by atoms with Gasteiger partial charge in [0.2, 0.25) is 0 Å². The molecule has 1 aliphatic rings. The van der Waals surface area contributed by atoms with Gasteiger partial charge in [-0.15, -0.1) is 0 Å². The number of benzene rings is 2. The molecule has 1 fully saturated rings. The summed E-state index contributed by atoms with van der Waals surface area (Å²) in [4.78, 5) is 27.0. The first kappa shape index (κ1) is 29.2. The van der Waals surface area contributed by atoms with E-state index in [0.29, 0.717) is 17.7 Å². The number of halogens is 7. The van der Waals surface area contributed by atoms with E-state index in [9.17, 15) is 40.3 Å². The highest BCUT2D eigenvalue weighted by atomic mass is 19.4. The van der Waals surface area contributed by atoms with Gasteiger partial charge in [-0.25, -0.2) is 9.18 Å². The molecule has 0 aromatic heterocycles. The molecule has 5 nitrogen and oxygen atoms in total. The van der Waals surface area contributed by atoms with Crippen LogP contribution in [0.1, 0.15) is 65.7 Å². The van der Waals surface area contributed by atoms with Gasteiger partial charge in [0, 0.05) is 30.6 Å². The Morgan fingerprint density at radius 1 is 0.947 bits per heavy atom. The lowest BCUT2D eigenvalue weighted by Gasteiger charge is -2.39. The first-order chi connectivity index (χ1) is 17.3. The number of likely N-dealkylation sites (tertiary alicyclic amines) is 1. The molecule has 208 valence electrons. The van der Waals surface area contributed by atoms with Gasteiger partial charge in [-0.2, -0.15) is 26.3 Å². The number of nitrogens with zero attached hydrogens (tertiary/aromatic N) is 1. The predicted molar refractivity (Wildman–Crippen MR) is 124 cm³/mol. The van der Waals surface area contributed by atoms with Gasteiger partial charge >= 0.3 is 18.4 Å². The molecule has 1 aliphatic heterocycles. The topological polar surface area (TPSA) is 58.6 Å². The summed E-state index contributed by atoms with van der Waals surface area (Å²) in [5.74, 6) is -2.27. The van der Waals surface area contributed by atoms with Crippen LogP contribution in [0.2, 0.25) is 0 Å². The quantitative estimate of drug-likeness (QED) is 0.435. The minimum atomic E-state index is -5.11. The number of carbonyl (C=O) groups excluding carboxylic acids is 2. The molecule has 0 saturated carbocycles. The number of amides is 2. The third-order valence-electron chi connectivity index (χ3n) is 6.04. The van der Waals surface area contributed by atoms with Crippen molar-refractivity contribution in [3.05, 3.63) is 70.0 Å².